The van der Waals surface area contributed by atoms with E-state index in [-0.39, 0.29) is 19.6 Å². The van der Waals surface area contributed by atoms with E-state index in [9.17, 15) is 14.5 Å². The number of nitrogens with zero attached hydrogens (tertiary/aromatic N) is 1. The van der Waals surface area contributed by atoms with Crippen molar-refractivity contribution in [3.8, 4) is 0 Å². The summed E-state index contributed by atoms with van der Waals surface area (Å²) >= 11 is 0. The van der Waals surface area contributed by atoms with Crippen molar-refractivity contribution in [1.29, 1.82) is 0 Å². The number of carbonyl (C=O) groups is 1. The Morgan fingerprint density at radius 2 is 2.06 bits per heavy atom. The van der Waals surface area contributed by atoms with E-state index >= 15 is 0 Å². The molecular formula is C9H21N2O4P. The van der Waals surface area contributed by atoms with E-state index in [4.69, 9.17) is 5.21 Å². The highest BCUT2D eigenvalue weighted by Gasteiger charge is 2.20. The van der Waals surface area contributed by atoms with Crippen LogP contribution in [0.1, 0.15) is 13.3 Å². The molecule has 96 valence electrons. The number of amides is 1. The minimum atomic E-state index is -2.55. The summed E-state index contributed by atoms with van der Waals surface area (Å²) in [7, 11) is -2.55. The fourth-order valence-electron chi connectivity index (χ4n) is 0.956. The van der Waals surface area contributed by atoms with Crippen LogP contribution in [0.4, 0.5) is 0 Å². The van der Waals surface area contributed by atoms with Crippen LogP contribution in [0.5, 0.6) is 0 Å². The molecule has 0 radical (unpaired) electrons. The van der Waals surface area contributed by atoms with Gasteiger partial charge in [0, 0.05) is 13.1 Å². The second-order valence-corrected chi connectivity index (χ2v) is 7.53. The van der Waals surface area contributed by atoms with E-state index in [1.807, 2.05) is 6.92 Å². The van der Waals surface area contributed by atoms with E-state index in [0.29, 0.717) is 11.5 Å². The largest absolute Gasteiger partial charge is 0.384 e. The van der Waals surface area contributed by atoms with E-state index < -0.39 is 18.9 Å². The molecule has 0 bridgehead atoms. The zero-order valence-electron chi connectivity index (χ0n) is 10.0. The number of rotatable bonds is 7. The van der Waals surface area contributed by atoms with Gasteiger partial charge in [0.15, 0.2) is 0 Å². The van der Waals surface area contributed by atoms with Crippen LogP contribution in [-0.4, -0.2) is 60.1 Å². The molecule has 6 nitrogen and oxygen atoms in total. The maximum Gasteiger partial charge on any atom is 0.259 e. The van der Waals surface area contributed by atoms with Gasteiger partial charge in [-0.15, -0.1) is 0 Å². The predicted molar refractivity (Wildman–Crippen MR) is 62.1 cm³/mol. The van der Waals surface area contributed by atoms with Gasteiger partial charge in [-0.25, -0.2) is 5.06 Å². The first kappa shape index (κ1) is 15.6. The summed E-state index contributed by atoms with van der Waals surface area (Å²) in [6, 6.07) is 0. The summed E-state index contributed by atoms with van der Waals surface area (Å²) in [6.07, 6.45) is 0.671. The molecule has 16 heavy (non-hydrogen) atoms. The summed E-state index contributed by atoms with van der Waals surface area (Å²) in [5.74, 6) is -1.42. The van der Waals surface area contributed by atoms with Crippen LogP contribution in [0.25, 0.3) is 0 Å². The van der Waals surface area contributed by atoms with Gasteiger partial charge >= 0.3 is 0 Å². The Hall–Kier alpha value is -0.420. The first-order valence-corrected chi connectivity index (χ1v) is 7.88. The topological polar surface area (TPSA) is 89.9 Å². The Labute approximate surface area is 96.0 Å². The second kappa shape index (κ2) is 7.01. The van der Waals surface area contributed by atoms with Gasteiger partial charge < -0.3 is 15.0 Å². The lowest BCUT2D eigenvalue weighted by atomic mass is 10.4. The standard InChI is InChI=1S/C9H21N2O4P/c1-4-5-11(14)8(12)6-10-7-9(13)16(2,3)15/h9-10,13-14H,4-7H2,1-3H3. The van der Waals surface area contributed by atoms with Crippen LogP contribution in [0.15, 0.2) is 0 Å². The average molecular weight is 252 g/mol. The van der Waals surface area contributed by atoms with Crippen LogP contribution in [0, 0.1) is 0 Å². The van der Waals surface area contributed by atoms with Crippen molar-refractivity contribution in [3.63, 3.8) is 0 Å². The molecule has 0 saturated heterocycles. The molecule has 0 aliphatic carbocycles. The van der Waals surface area contributed by atoms with Crippen molar-refractivity contribution in [2.75, 3.05) is 33.0 Å². The maximum atomic E-state index is 11.4. The van der Waals surface area contributed by atoms with E-state index in [1.165, 1.54) is 13.3 Å². The number of aliphatic hydroxyl groups excluding tert-OH is 1. The average Bonchev–Trinajstić information content (AvgIpc) is 2.16. The first-order valence-electron chi connectivity index (χ1n) is 5.21. The highest BCUT2D eigenvalue weighted by molar-refractivity contribution is 7.62. The Balaban J connectivity index is 3.82. The van der Waals surface area contributed by atoms with Gasteiger partial charge in [-0.3, -0.25) is 10.0 Å². The number of hydrogen-bond acceptors (Lipinski definition) is 5. The Morgan fingerprint density at radius 3 is 2.50 bits per heavy atom. The van der Waals surface area contributed by atoms with Gasteiger partial charge in [0.25, 0.3) is 5.91 Å². The van der Waals surface area contributed by atoms with Gasteiger partial charge in [0.2, 0.25) is 0 Å². The molecule has 0 aromatic rings. The van der Waals surface area contributed by atoms with Gasteiger partial charge in [0.1, 0.15) is 13.0 Å². The number of hydrogen-bond donors (Lipinski definition) is 3. The SMILES string of the molecule is CCCN(O)C(=O)CNCC(O)P(C)(C)=O. The normalized spacial score (nSPS) is 13.6. The third-order valence-corrected chi connectivity index (χ3v) is 3.66. The second-order valence-electron chi connectivity index (χ2n) is 4.06. The van der Waals surface area contributed by atoms with Crippen LogP contribution in [-0.2, 0) is 9.36 Å². The van der Waals surface area contributed by atoms with Crippen molar-refractivity contribution in [1.82, 2.24) is 10.4 Å². The fourth-order valence-corrected chi connectivity index (χ4v) is 1.52. The zero-order chi connectivity index (χ0) is 12.8. The number of aliphatic hydroxyl groups is 1. The zero-order valence-corrected chi connectivity index (χ0v) is 10.9. The van der Waals surface area contributed by atoms with Crippen molar-refractivity contribution in [2.24, 2.45) is 0 Å². The quantitative estimate of drug-likeness (QED) is 0.341. The van der Waals surface area contributed by atoms with Crippen molar-refractivity contribution < 1.29 is 19.7 Å². The van der Waals surface area contributed by atoms with Gasteiger partial charge in [-0.2, -0.15) is 0 Å². The highest BCUT2D eigenvalue weighted by Crippen LogP contribution is 2.40. The third-order valence-electron chi connectivity index (χ3n) is 2.04. The molecular weight excluding hydrogens is 231 g/mol. The molecule has 1 unspecified atom stereocenters. The molecule has 1 atom stereocenters. The Kier molecular flexibility index (Phi) is 6.83. The molecule has 0 aliphatic rings. The molecule has 0 fully saturated rings. The third kappa shape index (κ3) is 6.23. The molecule has 0 aromatic heterocycles. The number of nitrogens with one attached hydrogen (secondary N) is 1. The lowest BCUT2D eigenvalue weighted by Gasteiger charge is -2.17. The van der Waals surface area contributed by atoms with Crippen molar-refractivity contribution in [2.45, 2.75) is 19.2 Å². The summed E-state index contributed by atoms with van der Waals surface area (Å²) in [4.78, 5) is 11.2. The Bertz CT molecular complexity index is 266. The summed E-state index contributed by atoms with van der Waals surface area (Å²) in [5.41, 5.74) is 0. The van der Waals surface area contributed by atoms with Crippen molar-refractivity contribution in [3.05, 3.63) is 0 Å². The molecule has 1 amide bonds. The van der Waals surface area contributed by atoms with E-state index in [1.54, 1.807) is 0 Å². The Morgan fingerprint density at radius 1 is 1.50 bits per heavy atom. The molecule has 0 spiro atoms. The molecule has 0 saturated carbocycles. The lowest BCUT2D eigenvalue weighted by Crippen LogP contribution is -2.38. The monoisotopic (exact) mass is 252 g/mol. The minimum absolute atomic E-state index is 0.0758. The van der Waals surface area contributed by atoms with E-state index in [0.717, 1.165) is 0 Å². The van der Waals surface area contributed by atoms with Crippen LogP contribution >= 0.6 is 7.14 Å². The summed E-state index contributed by atoms with van der Waals surface area (Å²) in [6.45, 7) is 5.10. The maximum absolute atomic E-state index is 11.4. The highest BCUT2D eigenvalue weighted by atomic mass is 31.2. The molecule has 0 aliphatic heterocycles. The fraction of sp³-hybridized carbons (Fsp3) is 0.889. The van der Waals surface area contributed by atoms with Crippen LogP contribution in [0.2, 0.25) is 0 Å². The van der Waals surface area contributed by atoms with E-state index in [2.05, 4.69) is 5.32 Å². The molecule has 0 heterocycles. The van der Waals surface area contributed by atoms with Gasteiger partial charge in [-0.1, -0.05) is 6.92 Å². The first-order chi connectivity index (χ1) is 7.29. The van der Waals surface area contributed by atoms with Crippen molar-refractivity contribution >= 4 is 13.0 Å². The predicted octanol–water partition coefficient (Wildman–Crippen LogP) is 0.145. The minimum Gasteiger partial charge on any atom is -0.384 e. The van der Waals surface area contributed by atoms with Crippen LogP contribution in [0.3, 0.4) is 0 Å². The number of carbonyl (C=O) groups excluding carboxylic acids is 1. The number of hydroxylamine groups is 2. The summed E-state index contributed by atoms with van der Waals surface area (Å²) in [5, 5.41) is 21.9. The van der Waals surface area contributed by atoms with Gasteiger partial charge in [0.05, 0.1) is 6.54 Å². The molecule has 7 heteroatoms. The molecule has 3 N–H and O–H groups in total. The van der Waals surface area contributed by atoms with Crippen LogP contribution < -0.4 is 5.32 Å². The lowest BCUT2D eigenvalue weighted by molar-refractivity contribution is -0.164. The molecule has 0 aromatic carbocycles. The summed E-state index contributed by atoms with van der Waals surface area (Å²) < 4.78 is 11.4. The molecule has 0 rings (SSSR count). The van der Waals surface area contributed by atoms with Gasteiger partial charge in [-0.05, 0) is 19.8 Å². The smallest absolute Gasteiger partial charge is 0.259 e.